The monoisotopic (exact) mass is 579 g/mol. The van der Waals surface area contributed by atoms with E-state index in [1.54, 1.807) is 12.1 Å². The molecule has 2 aliphatic heterocycles. The van der Waals surface area contributed by atoms with Crippen molar-refractivity contribution in [3.05, 3.63) is 29.8 Å². The molecule has 11 nitrogen and oxygen atoms in total. The zero-order valence-corrected chi connectivity index (χ0v) is 24.2. The van der Waals surface area contributed by atoms with Gasteiger partial charge in [0.1, 0.15) is 6.04 Å². The molecule has 1 aromatic carbocycles. The van der Waals surface area contributed by atoms with Crippen LogP contribution in [0.2, 0.25) is 0 Å². The van der Waals surface area contributed by atoms with Crippen LogP contribution >= 0.6 is 0 Å². The van der Waals surface area contributed by atoms with E-state index in [1.807, 2.05) is 6.92 Å². The largest absolute Gasteiger partial charge is 0.480 e. The molecule has 2 heterocycles. The highest BCUT2D eigenvalue weighted by Gasteiger charge is 2.27. The van der Waals surface area contributed by atoms with Crippen molar-refractivity contribution in [1.82, 2.24) is 26.0 Å². The number of aliphatic carboxylic acids is 1. The second-order valence-electron chi connectivity index (χ2n) is 11.1. The zero-order chi connectivity index (χ0) is 29.0. The molecule has 6 N–H and O–H groups in total. The zero-order valence-electron chi connectivity index (χ0n) is 23.4. The summed E-state index contributed by atoms with van der Waals surface area (Å²) in [6.45, 7) is 5.09. The number of carbonyl (C=O) groups is 3. The average Bonchev–Trinajstić information content (AvgIpc) is 2.95. The van der Waals surface area contributed by atoms with Crippen molar-refractivity contribution in [2.75, 3.05) is 39.3 Å². The number of carboxylic acid groups (broad SMARTS) is 1. The minimum Gasteiger partial charge on any atom is -0.480 e. The van der Waals surface area contributed by atoms with E-state index in [9.17, 15) is 27.9 Å². The number of hydrogen-bond acceptors (Lipinski definition) is 7. The molecule has 1 aromatic rings. The van der Waals surface area contributed by atoms with Crippen LogP contribution in [0.25, 0.3) is 0 Å². The van der Waals surface area contributed by atoms with E-state index in [0.717, 1.165) is 83.1 Å². The molecule has 0 radical (unpaired) electrons. The van der Waals surface area contributed by atoms with Gasteiger partial charge in [0.15, 0.2) is 0 Å². The molecule has 1 unspecified atom stereocenters. The Labute approximate surface area is 237 Å². The van der Waals surface area contributed by atoms with Gasteiger partial charge in [0.2, 0.25) is 21.8 Å². The number of carbonyl (C=O) groups excluding carboxylic acids is 2. The average molecular weight is 580 g/mol. The van der Waals surface area contributed by atoms with Crippen LogP contribution in [-0.4, -0.2) is 76.6 Å². The van der Waals surface area contributed by atoms with Crippen molar-refractivity contribution in [3.8, 4) is 0 Å². The second-order valence-corrected chi connectivity index (χ2v) is 12.8. The van der Waals surface area contributed by atoms with E-state index < -0.39 is 34.5 Å². The third kappa shape index (κ3) is 10.8. The Morgan fingerprint density at radius 1 is 0.900 bits per heavy atom. The van der Waals surface area contributed by atoms with Crippen LogP contribution in [0.1, 0.15) is 56.9 Å². The van der Waals surface area contributed by atoms with Crippen LogP contribution in [0.15, 0.2) is 29.2 Å². The standard InChI is InChI=1S/C28H45N5O6S/c1-20-2-8-24(9-3-20)40(38,39)33-25(28(36)37)18-31-26(34)19-32-27(35)23(6-4-21-10-14-29-15-11-21)7-5-22-12-16-30-17-13-22/h2-3,8-9,21-23,25,29-30,33H,4-7,10-19H2,1H3,(H,31,34)(H,32,35)(H,36,37). The van der Waals surface area contributed by atoms with Crippen LogP contribution in [0.3, 0.4) is 0 Å². The molecule has 2 saturated heterocycles. The van der Waals surface area contributed by atoms with E-state index >= 15 is 0 Å². The number of nitrogens with one attached hydrogen (secondary N) is 5. The number of rotatable bonds is 15. The van der Waals surface area contributed by atoms with Gasteiger partial charge in [-0.1, -0.05) is 17.7 Å². The summed E-state index contributed by atoms with van der Waals surface area (Å²) in [5.41, 5.74) is 0.864. The van der Waals surface area contributed by atoms with Gasteiger partial charge >= 0.3 is 5.97 Å². The minimum atomic E-state index is -4.10. The summed E-state index contributed by atoms with van der Waals surface area (Å²) in [4.78, 5) is 37.2. The van der Waals surface area contributed by atoms with Crippen molar-refractivity contribution in [2.24, 2.45) is 17.8 Å². The number of carboxylic acids is 1. The first-order valence-electron chi connectivity index (χ1n) is 14.4. The third-order valence-corrected chi connectivity index (χ3v) is 9.48. The highest BCUT2D eigenvalue weighted by atomic mass is 32.2. The van der Waals surface area contributed by atoms with Crippen LogP contribution in [0.4, 0.5) is 0 Å². The Morgan fingerprint density at radius 3 is 1.93 bits per heavy atom. The molecule has 2 aliphatic rings. The number of benzene rings is 1. The molecule has 0 aliphatic carbocycles. The summed E-state index contributed by atoms with van der Waals surface area (Å²) in [7, 11) is -4.10. The smallest absolute Gasteiger partial charge is 0.323 e. The van der Waals surface area contributed by atoms with E-state index in [2.05, 4.69) is 26.0 Å². The van der Waals surface area contributed by atoms with Crippen molar-refractivity contribution in [1.29, 1.82) is 0 Å². The normalized spacial score (nSPS) is 17.9. The molecule has 2 amide bonds. The van der Waals surface area contributed by atoms with Gasteiger partial charge in [-0.05, 0) is 108 Å². The van der Waals surface area contributed by atoms with Crippen molar-refractivity contribution in [3.63, 3.8) is 0 Å². The number of aryl methyl sites for hydroxylation is 1. The van der Waals surface area contributed by atoms with E-state index in [-0.39, 0.29) is 23.3 Å². The van der Waals surface area contributed by atoms with Crippen LogP contribution in [0.5, 0.6) is 0 Å². The number of piperidine rings is 2. The summed E-state index contributed by atoms with van der Waals surface area (Å²) in [5.74, 6) is -1.12. The molecular formula is C28H45N5O6S. The lowest BCUT2D eigenvalue weighted by atomic mass is 9.84. The van der Waals surface area contributed by atoms with E-state index in [0.29, 0.717) is 11.8 Å². The summed E-state index contributed by atoms with van der Waals surface area (Å²) in [6.07, 6.45) is 7.99. The molecule has 224 valence electrons. The Balaban J connectivity index is 1.49. The minimum absolute atomic E-state index is 0.0667. The summed E-state index contributed by atoms with van der Waals surface area (Å²) in [5, 5.41) is 21.4. The van der Waals surface area contributed by atoms with Gasteiger partial charge in [-0.3, -0.25) is 14.4 Å². The molecule has 40 heavy (non-hydrogen) atoms. The molecule has 3 rings (SSSR count). The number of hydrogen-bond donors (Lipinski definition) is 6. The quantitative estimate of drug-likeness (QED) is 0.180. The lowest BCUT2D eigenvalue weighted by Gasteiger charge is -2.27. The SMILES string of the molecule is Cc1ccc(S(=O)(=O)NC(CNC(=O)CNC(=O)C(CCC2CCNCC2)CCC2CCNCC2)C(=O)O)cc1. The molecular weight excluding hydrogens is 534 g/mol. The predicted octanol–water partition coefficient (Wildman–Crippen LogP) is 1.13. The Morgan fingerprint density at radius 2 is 1.43 bits per heavy atom. The number of sulfonamides is 1. The van der Waals surface area contributed by atoms with Gasteiger partial charge in [-0.25, -0.2) is 8.42 Å². The third-order valence-electron chi connectivity index (χ3n) is 7.99. The van der Waals surface area contributed by atoms with Gasteiger partial charge in [0.05, 0.1) is 11.4 Å². The molecule has 0 bridgehead atoms. The van der Waals surface area contributed by atoms with Gasteiger partial charge in [0.25, 0.3) is 0 Å². The Bertz CT molecular complexity index is 1050. The molecule has 0 spiro atoms. The first kappa shape index (κ1) is 32.0. The molecule has 12 heteroatoms. The maximum Gasteiger partial charge on any atom is 0.323 e. The molecule has 2 fully saturated rings. The highest BCUT2D eigenvalue weighted by Crippen LogP contribution is 2.26. The maximum atomic E-state index is 13.1. The number of amides is 2. The fraction of sp³-hybridized carbons (Fsp3) is 0.679. The van der Waals surface area contributed by atoms with Crippen LogP contribution < -0.4 is 26.0 Å². The van der Waals surface area contributed by atoms with Gasteiger partial charge < -0.3 is 26.4 Å². The fourth-order valence-corrected chi connectivity index (χ4v) is 6.55. The predicted molar refractivity (Wildman–Crippen MR) is 152 cm³/mol. The first-order valence-corrected chi connectivity index (χ1v) is 15.9. The lowest BCUT2D eigenvalue weighted by molar-refractivity contribution is -0.139. The van der Waals surface area contributed by atoms with E-state index in [1.165, 1.54) is 12.1 Å². The van der Waals surface area contributed by atoms with Crippen molar-refractivity contribution in [2.45, 2.75) is 69.2 Å². The second kappa shape index (κ2) is 16.0. The van der Waals surface area contributed by atoms with Gasteiger partial charge in [-0.15, -0.1) is 0 Å². The maximum absolute atomic E-state index is 13.1. The van der Waals surface area contributed by atoms with Crippen molar-refractivity contribution >= 4 is 27.8 Å². The van der Waals surface area contributed by atoms with Crippen molar-refractivity contribution < 1.29 is 27.9 Å². The first-order chi connectivity index (χ1) is 19.1. The Hall–Kier alpha value is -2.54. The van der Waals surface area contributed by atoms with Crippen LogP contribution in [0, 0.1) is 24.7 Å². The van der Waals surface area contributed by atoms with Gasteiger partial charge in [0, 0.05) is 12.5 Å². The fourth-order valence-electron chi connectivity index (χ4n) is 5.36. The van der Waals surface area contributed by atoms with Crippen LogP contribution in [-0.2, 0) is 24.4 Å². The summed E-state index contributed by atoms with van der Waals surface area (Å²) < 4.78 is 27.3. The molecule has 0 aromatic heterocycles. The van der Waals surface area contributed by atoms with E-state index in [4.69, 9.17) is 0 Å². The molecule has 0 saturated carbocycles. The van der Waals surface area contributed by atoms with Gasteiger partial charge in [-0.2, -0.15) is 4.72 Å². The molecule has 1 atom stereocenters. The lowest BCUT2D eigenvalue weighted by Crippen LogP contribution is -2.50. The Kier molecular flexibility index (Phi) is 12.8. The topological polar surface area (TPSA) is 166 Å². The summed E-state index contributed by atoms with van der Waals surface area (Å²) >= 11 is 0. The highest BCUT2D eigenvalue weighted by molar-refractivity contribution is 7.89. The summed E-state index contributed by atoms with van der Waals surface area (Å²) in [6, 6.07) is 4.44.